The number of aromatic nitrogens is 3. The molecular weight excluding hydrogens is 346 g/mol. The number of aryl methyl sites for hydroxylation is 2. The molecule has 4 nitrogen and oxygen atoms in total. The number of carbonyl (C=O) groups excluding carboxylic acids is 1. The Balaban J connectivity index is 1.62. The summed E-state index contributed by atoms with van der Waals surface area (Å²) in [4.78, 5) is 12.5. The second kappa shape index (κ2) is 8.34. The van der Waals surface area contributed by atoms with Crippen molar-refractivity contribution in [3.05, 3.63) is 46.0 Å². The van der Waals surface area contributed by atoms with Crippen LogP contribution in [0.4, 0.5) is 0 Å². The molecular formula is C21H28ClN3O. The average Bonchev–Trinajstić information content (AvgIpc) is 3.35. The van der Waals surface area contributed by atoms with Gasteiger partial charge < -0.3 is 4.57 Å². The number of carbonyl (C=O) groups is 1. The predicted octanol–water partition coefficient (Wildman–Crippen LogP) is 4.91. The van der Waals surface area contributed by atoms with Crippen LogP contribution in [0.15, 0.2) is 18.2 Å². The van der Waals surface area contributed by atoms with E-state index in [9.17, 15) is 4.79 Å². The highest BCUT2D eigenvalue weighted by atomic mass is 35.5. The van der Waals surface area contributed by atoms with Crippen LogP contribution in [0.25, 0.3) is 0 Å². The molecule has 0 radical (unpaired) electrons. The third kappa shape index (κ3) is 4.73. The second-order valence-corrected chi connectivity index (χ2v) is 8.21. The Bertz CT molecular complexity index is 778. The number of hydrogen-bond donors (Lipinski definition) is 0. The van der Waals surface area contributed by atoms with Crippen LogP contribution in [0.2, 0.25) is 5.02 Å². The van der Waals surface area contributed by atoms with Crippen LogP contribution in [0, 0.1) is 12.8 Å². The monoisotopic (exact) mass is 373 g/mol. The summed E-state index contributed by atoms with van der Waals surface area (Å²) in [5, 5.41) is 9.55. The van der Waals surface area contributed by atoms with Crippen molar-refractivity contribution in [1.29, 1.82) is 0 Å². The highest BCUT2D eigenvalue weighted by molar-refractivity contribution is 6.31. The predicted molar refractivity (Wildman–Crippen MR) is 105 cm³/mol. The zero-order valence-corrected chi connectivity index (χ0v) is 16.7. The molecule has 0 saturated heterocycles. The van der Waals surface area contributed by atoms with Gasteiger partial charge in [0.1, 0.15) is 17.4 Å². The van der Waals surface area contributed by atoms with Gasteiger partial charge in [-0.1, -0.05) is 37.6 Å². The SMILES string of the molecule is Cc1c(Cl)cccc1CC(=O)CCc1nnc(CCC(C)C)n1C1CC1. The first-order valence-electron chi connectivity index (χ1n) is 9.64. The molecule has 3 rings (SSSR count). The van der Waals surface area contributed by atoms with E-state index in [1.807, 2.05) is 25.1 Å². The Morgan fingerprint density at radius 1 is 1.23 bits per heavy atom. The Morgan fingerprint density at radius 3 is 2.58 bits per heavy atom. The molecule has 140 valence electrons. The van der Waals surface area contributed by atoms with Gasteiger partial charge in [-0.15, -0.1) is 10.2 Å². The molecule has 1 fully saturated rings. The molecule has 26 heavy (non-hydrogen) atoms. The number of rotatable bonds is 9. The summed E-state index contributed by atoms with van der Waals surface area (Å²) in [7, 11) is 0. The molecule has 0 spiro atoms. The zero-order chi connectivity index (χ0) is 18.7. The first-order chi connectivity index (χ1) is 12.5. The fraction of sp³-hybridized carbons (Fsp3) is 0.571. The molecule has 0 N–H and O–H groups in total. The van der Waals surface area contributed by atoms with E-state index in [4.69, 9.17) is 11.6 Å². The summed E-state index contributed by atoms with van der Waals surface area (Å²) in [5.74, 6) is 2.95. The van der Waals surface area contributed by atoms with E-state index in [1.165, 1.54) is 12.8 Å². The van der Waals surface area contributed by atoms with Gasteiger partial charge >= 0.3 is 0 Å². The number of benzene rings is 1. The van der Waals surface area contributed by atoms with Crippen LogP contribution < -0.4 is 0 Å². The quantitative estimate of drug-likeness (QED) is 0.627. The van der Waals surface area contributed by atoms with Crippen LogP contribution in [-0.4, -0.2) is 20.5 Å². The van der Waals surface area contributed by atoms with E-state index >= 15 is 0 Å². The van der Waals surface area contributed by atoms with Crippen LogP contribution in [-0.2, 0) is 24.1 Å². The minimum Gasteiger partial charge on any atom is -0.312 e. The van der Waals surface area contributed by atoms with Gasteiger partial charge in [0, 0.05) is 36.7 Å². The van der Waals surface area contributed by atoms with Crippen molar-refractivity contribution < 1.29 is 4.79 Å². The van der Waals surface area contributed by atoms with Gasteiger partial charge in [-0.05, 0) is 49.3 Å². The minimum absolute atomic E-state index is 0.226. The number of hydrogen-bond acceptors (Lipinski definition) is 3. The van der Waals surface area contributed by atoms with Crippen molar-refractivity contribution >= 4 is 17.4 Å². The van der Waals surface area contributed by atoms with Crippen molar-refractivity contribution in [3.63, 3.8) is 0 Å². The van der Waals surface area contributed by atoms with E-state index < -0.39 is 0 Å². The summed E-state index contributed by atoms with van der Waals surface area (Å²) in [6, 6.07) is 6.30. The Hall–Kier alpha value is -1.68. The molecule has 0 atom stereocenters. The highest BCUT2D eigenvalue weighted by Gasteiger charge is 2.29. The minimum atomic E-state index is 0.226. The van der Waals surface area contributed by atoms with Crippen molar-refractivity contribution in [2.75, 3.05) is 0 Å². The summed E-state index contributed by atoms with van der Waals surface area (Å²) in [6.07, 6.45) is 6.11. The summed E-state index contributed by atoms with van der Waals surface area (Å²) in [5.41, 5.74) is 2.02. The topological polar surface area (TPSA) is 47.8 Å². The second-order valence-electron chi connectivity index (χ2n) is 7.81. The Kier molecular flexibility index (Phi) is 6.13. The maximum Gasteiger partial charge on any atom is 0.137 e. The average molecular weight is 374 g/mol. The summed E-state index contributed by atoms with van der Waals surface area (Å²) < 4.78 is 2.31. The lowest BCUT2D eigenvalue weighted by Crippen LogP contribution is -2.11. The van der Waals surface area contributed by atoms with Gasteiger partial charge in [-0.3, -0.25) is 4.79 Å². The van der Waals surface area contributed by atoms with Crippen molar-refractivity contribution in [1.82, 2.24) is 14.8 Å². The fourth-order valence-corrected chi connectivity index (χ4v) is 3.46. The zero-order valence-electron chi connectivity index (χ0n) is 16.0. The fourth-order valence-electron chi connectivity index (χ4n) is 3.27. The first kappa shape index (κ1) is 19.1. The molecule has 1 aromatic heterocycles. The van der Waals surface area contributed by atoms with E-state index in [2.05, 4.69) is 28.6 Å². The Morgan fingerprint density at radius 2 is 1.92 bits per heavy atom. The largest absolute Gasteiger partial charge is 0.312 e. The van der Waals surface area contributed by atoms with Gasteiger partial charge in [0.15, 0.2) is 0 Å². The van der Waals surface area contributed by atoms with E-state index in [0.717, 1.165) is 40.6 Å². The van der Waals surface area contributed by atoms with Gasteiger partial charge in [-0.25, -0.2) is 0 Å². The number of nitrogens with zero attached hydrogens (tertiary/aromatic N) is 3. The molecule has 5 heteroatoms. The van der Waals surface area contributed by atoms with Crippen molar-refractivity contribution in [3.8, 4) is 0 Å². The molecule has 0 bridgehead atoms. The first-order valence-corrected chi connectivity index (χ1v) is 10.0. The molecule has 1 aromatic carbocycles. The van der Waals surface area contributed by atoms with Crippen molar-refractivity contribution in [2.24, 2.45) is 5.92 Å². The molecule has 1 aliphatic carbocycles. The molecule has 1 aliphatic rings. The number of ketones is 1. The van der Waals surface area contributed by atoms with E-state index in [-0.39, 0.29) is 5.78 Å². The van der Waals surface area contributed by atoms with Crippen molar-refractivity contribution in [2.45, 2.75) is 71.8 Å². The van der Waals surface area contributed by atoms with Gasteiger partial charge in [0.25, 0.3) is 0 Å². The van der Waals surface area contributed by atoms with Gasteiger partial charge in [-0.2, -0.15) is 0 Å². The number of Topliss-reactive ketones (excluding diaryl/α,β-unsaturated/α-hetero) is 1. The molecule has 0 unspecified atom stereocenters. The standard InChI is InChI=1S/C21H28ClN3O/c1-14(2)7-11-20-23-24-21(25(20)17-8-9-17)12-10-18(26)13-16-5-4-6-19(22)15(16)3/h4-6,14,17H,7-13H2,1-3H3. The third-order valence-electron chi connectivity index (χ3n) is 5.09. The molecule has 1 heterocycles. The lowest BCUT2D eigenvalue weighted by atomic mass is 10.0. The molecule has 1 saturated carbocycles. The van der Waals surface area contributed by atoms with Crippen LogP contribution in [0.1, 0.15) is 68.3 Å². The van der Waals surface area contributed by atoms with Gasteiger partial charge in [0.05, 0.1) is 0 Å². The number of halogens is 1. The summed E-state index contributed by atoms with van der Waals surface area (Å²) >= 11 is 6.15. The summed E-state index contributed by atoms with van der Waals surface area (Å²) in [6.45, 7) is 6.43. The maximum atomic E-state index is 12.5. The molecule has 0 aliphatic heterocycles. The lowest BCUT2D eigenvalue weighted by molar-refractivity contribution is -0.118. The van der Waals surface area contributed by atoms with E-state index in [1.54, 1.807) is 0 Å². The Labute approximate surface area is 161 Å². The van der Waals surface area contributed by atoms with Crippen LogP contribution in [0.3, 0.4) is 0 Å². The van der Waals surface area contributed by atoms with Crippen LogP contribution in [0.5, 0.6) is 0 Å². The lowest BCUT2D eigenvalue weighted by Gasteiger charge is -2.10. The van der Waals surface area contributed by atoms with Gasteiger partial charge in [0.2, 0.25) is 0 Å². The normalized spacial score (nSPS) is 14.2. The van der Waals surface area contributed by atoms with E-state index in [0.29, 0.717) is 31.2 Å². The maximum absolute atomic E-state index is 12.5. The third-order valence-corrected chi connectivity index (χ3v) is 5.50. The highest BCUT2D eigenvalue weighted by Crippen LogP contribution is 2.37. The molecule has 2 aromatic rings. The van der Waals surface area contributed by atoms with Crippen LogP contribution >= 0.6 is 11.6 Å². The molecule has 0 amide bonds. The smallest absolute Gasteiger partial charge is 0.137 e.